The first-order valence-corrected chi connectivity index (χ1v) is 12.4. The summed E-state index contributed by atoms with van der Waals surface area (Å²) in [5.74, 6) is -0.880. The fraction of sp³-hybridized carbons (Fsp3) is 0.375. The molecular formula is C24H27N9O7. The topological polar surface area (TPSA) is 227 Å². The number of rotatable bonds is 10. The number of nitrogens with one attached hydrogen (secondary N) is 2. The zero-order valence-electron chi connectivity index (χ0n) is 21.0. The molecule has 210 valence electrons. The van der Waals surface area contributed by atoms with Crippen LogP contribution in [0.2, 0.25) is 0 Å². The number of aliphatic hydroxyl groups is 4. The quantitative estimate of drug-likeness (QED) is 0.104. The summed E-state index contributed by atoms with van der Waals surface area (Å²) in [6.45, 7) is -1.01. The highest BCUT2D eigenvalue weighted by atomic mass is 16.6. The number of carbonyl (C=O) groups excluding carboxylic acids is 1. The van der Waals surface area contributed by atoms with Gasteiger partial charge in [0.15, 0.2) is 17.0 Å². The average molecular weight is 554 g/mol. The van der Waals surface area contributed by atoms with E-state index in [1.54, 1.807) is 0 Å². The predicted molar refractivity (Wildman–Crippen MR) is 138 cm³/mol. The van der Waals surface area contributed by atoms with Gasteiger partial charge in [-0.2, -0.15) is 9.97 Å². The number of fused-ring (bicyclic) bond motifs is 1. The van der Waals surface area contributed by atoms with Gasteiger partial charge in [-0.1, -0.05) is 30.3 Å². The van der Waals surface area contributed by atoms with Crippen molar-refractivity contribution >= 4 is 28.7 Å². The monoisotopic (exact) mass is 553 g/mol. The normalized spacial score (nSPS) is 21.4. The first-order valence-electron chi connectivity index (χ1n) is 12.4. The molecule has 1 aromatic carbocycles. The molecule has 0 radical (unpaired) electrons. The molecule has 6 N–H and O–H groups in total. The van der Waals surface area contributed by atoms with Crippen LogP contribution in [-0.2, 0) is 11.2 Å². The molecule has 16 nitrogen and oxygen atoms in total. The molecule has 1 saturated carbocycles. The molecule has 4 aromatic rings. The first-order chi connectivity index (χ1) is 19.3. The van der Waals surface area contributed by atoms with Gasteiger partial charge in [0.1, 0.15) is 25.0 Å². The lowest BCUT2D eigenvalue weighted by molar-refractivity contribution is -0.389. The second-order valence-electron chi connectivity index (χ2n) is 9.42. The van der Waals surface area contributed by atoms with E-state index in [4.69, 9.17) is 5.11 Å². The van der Waals surface area contributed by atoms with Crippen molar-refractivity contribution in [3.8, 4) is 5.95 Å². The number of benzene rings is 1. The number of hydrogen-bond donors (Lipinski definition) is 6. The van der Waals surface area contributed by atoms with E-state index in [1.165, 1.54) is 21.8 Å². The number of carbonyl (C=O) groups is 1. The lowest BCUT2D eigenvalue weighted by atomic mass is 10.1. The number of aromatic nitrogens is 6. The molecule has 5 rings (SSSR count). The Balaban J connectivity index is 1.55. The van der Waals surface area contributed by atoms with Gasteiger partial charge < -0.3 is 45.7 Å². The summed E-state index contributed by atoms with van der Waals surface area (Å²) in [7, 11) is 0. The van der Waals surface area contributed by atoms with Gasteiger partial charge in [-0.3, -0.25) is 4.79 Å². The molecule has 0 saturated heterocycles. The van der Waals surface area contributed by atoms with E-state index < -0.39 is 53.6 Å². The Hall–Kier alpha value is -4.51. The number of nitro groups is 1. The van der Waals surface area contributed by atoms with Crippen LogP contribution in [-0.4, -0.2) is 97.8 Å². The third-order valence-corrected chi connectivity index (χ3v) is 6.78. The molecule has 0 unspecified atom stereocenters. The molecule has 40 heavy (non-hydrogen) atoms. The Kier molecular flexibility index (Phi) is 7.65. The maximum atomic E-state index is 11.7. The number of aliphatic hydroxyl groups excluding tert-OH is 4. The Morgan fingerprint density at radius 2 is 1.90 bits per heavy atom. The molecular weight excluding hydrogens is 526 g/mol. The van der Waals surface area contributed by atoms with Crippen molar-refractivity contribution in [1.82, 2.24) is 34.4 Å². The lowest BCUT2D eigenvalue weighted by Gasteiger charge is -2.19. The maximum absolute atomic E-state index is 11.7. The van der Waals surface area contributed by atoms with Crippen LogP contribution < -0.4 is 10.6 Å². The Morgan fingerprint density at radius 1 is 1.12 bits per heavy atom. The van der Waals surface area contributed by atoms with E-state index in [0.29, 0.717) is 6.42 Å². The second-order valence-corrected chi connectivity index (χ2v) is 9.42. The number of amides is 1. The minimum Gasteiger partial charge on any atom is -0.394 e. The van der Waals surface area contributed by atoms with Gasteiger partial charge in [-0.25, -0.2) is 9.55 Å². The Labute approximate surface area is 226 Å². The first kappa shape index (κ1) is 27.1. The molecule has 1 aliphatic carbocycles. The van der Waals surface area contributed by atoms with Crippen LogP contribution in [0.3, 0.4) is 0 Å². The average Bonchev–Trinajstić information content (AvgIpc) is 3.68. The molecule has 3 heterocycles. The summed E-state index contributed by atoms with van der Waals surface area (Å²) in [5.41, 5.74) is 1.48. The van der Waals surface area contributed by atoms with E-state index in [-0.39, 0.29) is 36.0 Å². The third kappa shape index (κ3) is 5.32. The number of imidazole rings is 2. The van der Waals surface area contributed by atoms with Gasteiger partial charge in [0.2, 0.25) is 18.2 Å². The second kappa shape index (κ2) is 11.3. The van der Waals surface area contributed by atoms with Crippen molar-refractivity contribution in [2.45, 2.75) is 43.2 Å². The lowest BCUT2D eigenvalue weighted by Crippen LogP contribution is -2.44. The minimum absolute atomic E-state index is 0.00641. The highest BCUT2D eigenvalue weighted by molar-refractivity contribution is 5.84. The van der Waals surface area contributed by atoms with Crippen LogP contribution in [0.4, 0.5) is 11.6 Å². The summed E-state index contributed by atoms with van der Waals surface area (Å²) in [5, 5.41) is 57.4. The van der Waals surface area contributed by atoms with Crippen molar-refractivity contribution in [2.75, 3.05) is 18.5 Å². The predicted octanol–water partition coefficient (Wildman–Crippen LogP) is -0.921. The van der Waals surface area contributed by atoms with Crippen LogP contribution in [0, 0.1) is 10.1 Å². The van der Waals surface area contributed by atoms with Crippen molar-refractivity contribution in [3.63, 3.8) is 0 Å². The molecule has 0 aliphatic heterocycles. The van der Waals surface area contributed by atoms with Gasteiger partial charge in [-0.05, 0) is 28.3 Å². The maximum Gasteiger partial charge on any atom is 0.382 e. The van der Waals surface area contributed by atoms with Gasteiger partial charge in [0.05, 0.1) is 31.1 Å². The van der Waals surface area contributed by atoms with E-state index in [2.05, 4.69) is 30.6 Å². The fourth-order valence-corrected chi connectivity index (χ4v) is 4.81. The SMILES string of the molecule is O=C(CO)N[C@H]1C[C@@H](n2cnc3c(N[C@H](CO)Cc4ccccc4)nc(-n4cnc([N+](=O)[O-])c4)nc32)[C@H](O)[C@@H]1O. The summed E-state index contributed by atoms with van der Waals surface area (Å²) in [4.78, 5) is 39.5. The van der Waals surface area contributed by atoms with Crippen LogP contribution in [0.25, 0.3) is 17.1 Å². The minimum atomic E-state index is -1.32. The van der Waals surface area contributed by atoms with Gasteiger partial charge >= 0.3 is 5.82 Å². The zero-order valence-corrected chi connectivity index (χ0v) is 21.0. The summed E-state index contributed by atoms with van der Waals surface area (Å²) < 4.78 is 2.79. The Bertz CT molecular complexity index is 1510. The third-order valence-electron chi connectivity index (χ3n) is 6.78. The van der Waals surface area contributed by atoms with Gasteiger partial charge in [0, 0.05) is 0 Å². The number of anilines is 1. The molecule has 1 fully saturated rings. The molecule has 3 aromatic heterocycles. The Morgan fingerprint density at radius 3 is 2.58 bits per heavy atom. The number of nitrogens with zero attached hydrogens (tertiary/aromatic N) is 7. The van der Waals surface area contributed by atoms with E-state index in [0.717, 1.165) is 11.8 Å². The fourth-order valence-electron chi connectivity index (χ4n) is 4.81. The van der Waals surface area contributed by atoms with Crippen LogP contribution >= 0.6 is 0 Å². The largest absolute Gasteiger partial charge is 0.394 e. The van der Waals surface area contributed by atoms with E-state index >= 15 is 0 Å². The van der Waals surface area contributed by atoms with Gasteiger partial charge in [-0.15, -0.1) is 0 Å². The molecule has 0 spiro atoms. The highest BCUT2D eigenvalue weighted by Gasteiger charge is 2.44. The van der Waals surface area contributed by atoms with Crippen molar-refractivity contribution in [2.24, 2.45) is 0 Å². The smallest absolute Gasteiger partial charge is 0.382 e. The van der Waals surface area contributed by atoms with Crippen LogP contribution in [0.15, 0.2) is 49.2 Å². The molecule has 0 bridgehead atoms. The van der Waals surface area contributed by atoms with E-state index in [9.17, 15) is 30.2 Å². The highest BCUT2D eigenvalue weighted by Crippen LogP contribution is 2.34. The zero-order chi connectivity index (χ0) is 28.4. The molecule has 16 heteroatoms. The van der Waals surface area contributed by atoms with Crippen molar-refractivity contribution < 1.29 is 30.1 Å². The molecule has 5 atom stereocenters. The number of hydrogen-bond acceptors (Lipinski definition) is 12. The van der Waals surface area contributed by atoms with E-state index in [1.807, 2.05) is 30.3 Å². The van der Waals surface area contributed by atoms with Crippen LogP contribution in [0.5, 0.6) is 0 Å². The van der Waals surface area contributed by atoms with Crippen molar-refractivity contribution in [3.05, 3.63) is 64.9 Å². The summed E-state index contributed by atoms with van der Waals surface area (Å²) in [6, 6.07) is 7.41. The molecule has 1 aliphatic rings. The summed E-state index contributed by atoms with van der Waals surface area (Å²) >= 11 is 0. The summed E-state index contributed by atoms with van der Waals surface area (Å²) in [6.07, 6.45) is 1.67. The standard InChI is InChI=1S/C24H27N9O7/c34-9-14(6-13-4-2-1-3-5-13)27-22-19-23(30-24(29-22)31-8-17(25-11-31)33(39)40)32(12-26-19)16-7-15(20(37)21(16)38)28-18(36)10-35/h1-5,8,11-12,14-16,20-21,34-35,37-38H,6-7,9-10H2,(H,28,36)(H,27,29,30)/t14-,15-,16+,20+,21-/m0/s1. The molecule has 1 amide bonds. The van der Waals surface area contributed by atoms with Crippen LogP contribution in [0.1, 0.15) is 18.0 Å². The van der Waals surface area contributed by atoms with Crippen molar-refractivity contribution in [1.29, 1.82) is 0 Å². The van der Waals surface area contributed by atoms with Gasteiger partial charge in [0.25, 0.3) is 0 Å².